The van der Waals surface area contributed by atoms with Crippen molar-refractivity contribution in [3.63, 3.8) is 0 Å². The topological polar surface area (TPSA) is 58.6 Å². The van der Waals surface area contributed by atoms with E-state index in [1.165, 1.54) is 38.5 Å². The lowest BCUT2D eigenvalue weighted by Crippen LogP contribution is -2.39. The third kappa shape index (κ3) is 6.92. The molecule has 1 fully saturated rings. The summed E-state index contributed by atoms with van der Waals surface area (Å²) in [5.41, 5.74) is 0. The first-order valence-electron chi connectivity index (χ1n) is 7.70. The summed E-state index contributed by atoms with van der Waals surface area (Å²) >= 11 is 0. The van der Waals surface area contributed by atoms with E-state index in [4.69, 9.17) is 4.74 Å². The average molecular weight is 271 g/mol. The standard InChI is InChI=1S/C15H29NO3/c1-3-19-15(18)10-14(17)11-16-12(2)13-8-6-4-5-7-9-13/h12-14,16-17H,3-11H2,1-2H3/t12-,14?/m0/s1. The minimum absolute atomic E-state index is 0.0816. The molecule has 1 saturated carbocycles. The van der Waals surface area contributed by atoms with Crippen molar-refractivity contribution in [1.82, 2.24) is 5.32 Å². The Morgan fingerprint density at radius 1 is 1.32 bits per heavy atom. The number of aliphatic hydroxyl groups excluding tert-OH is 1. The Kier molecular flexibility index (Phi) is 8.07. The van der Waals surface area contributed by atoms with E-state index in [0.29, 0.717) is 25.1 Å². The molecule has 0 amide bonds. The van der Waals surface area contributed by atoms with Crippen LogP contribution in [0.5, 0.6) is 0 Å². The fourth-order valence-corrected chi connectivity index (χ4v) is 2.78. The first-order valence-corrected chi connectivity index (χ1v) is 7.70. The molecular formula is C15H29NO3. The van der Waals surface area contributed by atoms with E-state index in [9.17, 15) is 9.90 Å². The minimum atomic E-state index is -0.646. The van der Waals surface area contributed by atoms with E-state index in [-0.39, 0.29) is 12.4 Å². The van der Waals surface area contributed by atoms with Gasteiger partial charge in [0.15, 0.2) is 0 Å². The zero-order chi connectivity index (χ0) is 14.1. The lowest BCUT2D eigenvalue weighted by molar-refractivity contribution is -0.145. The second-order valence-electron chi connectivity index (χ2n) is 5.61. The van der Waals surface area contributed by atoms with Gasteiger partial charge in [0, 0.05) is 12.6 Å². The molecule has 0 saturated heterocycles. The van der Waals surface area contributed by atoms with Gasteiger partial charge in [0.25, 0.3) is 0 Å². The van der Waals surface area contributed by atoms with Crippen molar-refractivity contribution in [2.75, 3.05) is 13.2 Å². The van der Waals surface area contributed by atoms with Crippen LogP contribution >= 0.6 is 0 Å². The third-order valence-electron chi connectivity index (χ3n) is 3.99. The van der Waals surface area contributed by atoms with Crippen LogP contribution in [0.25, 0.3) is 0 Å². The molecule has 0 aromatic carbocycles. The molecule has 2 atom stereocenters. The molecule has 4 nitrogen and oxygen atoms in total. The zero-order valence-electron chi connectivity index (χ0n) is 12.4. The summed E-state index contributed by atoms with van der Waals surface area (Å²) in [6.45, 7) is 4.80. The van der Waals surface area contributed by atoms with Crippen LogP contribution in [0, 0.1) is 5.92 Å². The van der Waals surface area contributed by atoms with Gasteiger partial charge in [0.1, 0.15) is 0 Å². The molecule has 0 aromatic rings. The Bertz CT molecular complexity index is 250. The number of hydrogen-bond acceptors (Lipinski definition) is 4. The molecular weight excluding hydrogens is 242 g/mol. The highest BCUT2D eigenvalue weighted by atomic mass is 16.5. The van der Waals surface area contributed by atoms with Gasteiger partial charge in [-0.05, 0) is 32.6 Å². The fourth-order valence-electron chi connectivity index (χ4n) is 2.78. The highest BCUT2D eigenvalue weighted by molar-refractivity contribution is 5.69. The second kappa shape index (κ2) is 9.32. The number of carbonyl (C=O) groups is 1. The molecule has 1 rings (SSSR count). The molecule has 1 aliphatic rings. The molecule has 1 unspecified atom stereocenters. The van der Waals surface area contributed by atoms with Crippen molar-refractivity contribution in [2.45, 2.75) is 70.9 Å². The van der Waals surface area contributed by atoms with Crippen LogP contribution in [0.15, 0.2) is 0 Å². The SMILES string of the molecule is CCOC(=O)CC(O)CN[C@@H](C)C1CCCCCC1. The molecule has 4 heteroatoms. The van der Waals surface area contributed by atoms with E-state index in [1.54, 1.807) is 6.92 Å². The van der Waals surface area contributed by atoms with Crippen molar-refractivity contribution < 1.29 is 14.6 Å². The number of aliphatic hydroxyl groups is 1. The van der Waals surface area contributed by atoms with Crippen LogP contribution in [0.4, 0.5) is 0 Å². The normalized spacial score (nSPS) is 20.6. The molecule has 0 spiro atoms. The summed E-state index contributed by atoms with van der Waals surface area (Å²) in [6, 6.07) is 0.412. The van der Waals surface area contributed by atoms with Gasteiger partial charge in [-0.3, -0.25) is 4.79 Å². The first kappa shape index (κ1) is 16.4. The number of hydrogen-bond donors (Lipinski definition) is 2. The Labute approximate surface area is 116 Å². The van der Waals surface area contributed by atoms with Crippen LogP contribution in [-0.2, 0) is 9.53 Å². The molecule has 0 bridgehead atoms. The van der Waals surface area contributed by atoms with Crippen LogP contribution in [0.3, 0.4) is 0 Å². The second-order valence-corrected chi connectivity index (χ2v) is 5.61. The van der Waals surface area contributed by atoms with Gasteiger partial charge in [0.2, 0.25) is 0 Å². The molecule has 0 aliphatic heterocycles. The van der Waals surface area contributed by atoms with Gasteiger partial charge >= 0.3 is 5.97 Å². The summed E-state index contributed by atoms with van der Waals surface area (Å²) < 4.78 is 4.83. The van der Waals surface area contributed by atoms with Gasteiger partial charge in [-0.25, -0.2) is 0 Å². The summed E-state index contributed by atoms with van der Waals surface area (Å²) in [6.07, 6.45) is 7.35. The highest BCUT2D eigenvalue weighted by Crippen LogP contribution is 2.25. The molecule has 0 heterocycles. The molecule has 0 aromatic heterocycles. The van der Waals surface area contributed by atoms with Gasteiger partial charge < -0.3 is 15.2 Å². The van der Waals surface area contributed by atoms with Crippen LogP contribution in [0.1, 0.15) is 58.8 Å². The van der Waals surface area contributed by atoms with Crippen molar-refractivity contribution in [2.24, 2.45) is 5.92 Å². The van der Waals surface area contributed by atoms with Gasteiger partial charge in [-0.15, -0.1) is 0 Å². The first-order chi connectivity index (χ1) is 9.13. The average Bonchev–Trinajstić information content (AvgIpc) is 2.65. The summed E-state index contributed by atoms with van der Waals surface area (Å²) in [5.74, 6) is 0.385. The number of carbonyl (C=O) groups excluding carboxylic acids is 1. The zero-order valence-corrected chi connectivity index (χ0v) is 12.4. The van der Waals surface area contributed by atoms with Gasteiger partial charge in [0.05, 0.1) is 19.1 Å². The Morgan fingerprint density at radius 3 is 2.53 bits per heavy atom. The Balaban J connectivity index is 2.20. The van der Waals surface area contributed by atoms with Crippen molar-refractivity contribution in [3.05, 3.63) is 0 Å². The maximum atomic E-state index is 11.2. The molecule has 112 valence electrons. The lowest BCUT2D eigenvalue weighted by atomic mass is 9.93. The number of nitrogens with one attached hydrogen (secondary N) is 1. The quantitative estimate of drug-likeness (QED) is 0.551. The van der Waals surface area contributed by atoms with E-state index < -0.39 is 6.10 Å². The smallest absolute Gasteiger partial charge is 0.308 e. The van der Waals surface area contributed by atoms with E-state index in [2.05, 4.69) is 12.2 Å². The molecule has 2 N–H and O–H groups in total. The van der Waals surface area contributed by atoms with E-state index in [0.717, 1.165) is 0 Å². The largest absolute Gasteiger partial charge is 0.466 e. The maximum absolute atomic E-state index is 11.2. The minimum Gasteiger partial charge on any atom is -0.466 e. The molecule has 0 radical (unpaired) electrons. The van der Waals surface area contributed by atoms with Crippen LogP contribution < -0.4 is 5.32 Å². The van der Waals surface area contributed by atoms with Crippen molar-refractivity contribution in [3.8, 4) is 0 Å². The summed E-state index contributed by atoms with van der Waals surface area (Å²) in [4.78, 5) is 11.2. The fraction of sp³-hybridized carbons (Fsp3) is 0.933. The summed E-state index contributed by atoms with van der Waals surface area (Å²) in [7, 11) is 0. The predicted molar refractivity (Wildman–Crippen MR) is 75.9 cm³/mol. The maximum Gasteiger partial charge on any atom is 0.308 e. The predicted octanol–water partition coefficient (Wildman–Crippen LogP) is 2.25. The molecule has 19 heavy (non-hydrogen) atoms. The highest BCUT2D eigenvalue weighted by Gasteiger charge is 2.20. The van der Waals surface area contributed by atoms with E-state index >= 15 is 0 Å². The van der Waals surface area contributed by atoms with Gasteiger partial charge in [-0.1, -0.05) is 25.7 Å². The third-order valence-corrected chi connectivity index (χ3v) is 3.99. The Morgan fingerprint density at radius 2 is 1.95 bits per heavy atom. The number of ether oxygens (including phenoxy) is 1. The monoisotopic (exact) mass is 271 g/mol. The number of rotatable bonds is 7. The molecule has 1 aliphatic carbocycles. The van der Waals surface area contributed by atoms with E-state index in [1.807, 2.05) is 0 Å². The van der Waals surface area contributed by atoms with Gasteiger partial charge in [-0.2, -0.15) is 0 Å². The lowest BCUT2D eigenvalue weighted by Gasteiger charge is -2.24. The van der Waals surface area contributed by atoms with Crippen molar-refractivity contribution >= 4 is 5.97 Å². The Hall–Kier alpha value is -0.610. The summed E-state index contributed by atoms with van der Waals surface area (Å²) in [5, 5.41) is 13.2. The van der Waals surface area contributed by atoms with Crippen LogP contribution in [0.2, 0.25) is 0 Å². The number of esters is 1. The van der Waals surface area contributed by atoms with Crippen LogP contribution in [-0.4, -0.2) is 36.4 Å². The van der Waals surface area contributed by atoms with Crippen molar-refractivity contribution in [1.29, 1.82) is 0 Å².